The molecule has 1 unspecified atom stereocenters. The van der Waals surface area contributed by atoms with Crippen LogP contribution in [0.2, 0.25) is 0 Å². The highest BCUT2D eigenvalue weighted by Crippen LogP contribution is 2.62. The van der Waals surface area contributed by atoms with E-state index in [-0.39, 0.29) is 0 Å². The minimum atomic E-state index is -3.31. The fourth-order valence-electron chi connectivity index (χ4n) is 2.78. The Morgan fingerprint density at radius 1 is 1.16 bits per heavy atom. The predicted octanol–water partition coefficient (Wildman–Crippen LogP) is 5.13. The molecule has 0 aromatic heterocycles. The van der Waals surface area contributed by atoms with E-state index in [1.165, 1.54) is 0 Å². The minimum Gasteiger partial charge on any atom is -0.494 e. The Labute approximate surface area is 148 Å². The number of hydrogen-bond donors (Lipinski definition) is 1. The van der Waals surface area contributed by atoms with Crippen molar-refractivity contribution in [3.05, 3.63) is 59.7 Å². The van der Waals surface area contributed by atoms with Crippen LogP contribution in [0.4, 0.5) is 5.69 Å². The molecule has 0 spiro atoms. The molecule has 6 heteroatoms. The molecule has 0 aliphatic carbocycles. The van der Waals surface area contributed by atoms with Crippen LogP contribution in [-0.2, 0) is 13.6 Å². The van der Waals surface area contributed by atoms with E-state index in [0.717, 1.165) is 29.0 Å². The average molecular weight is 361 g/mol. The molecular weight excluding hydrogens is 337 g/mol. The van der Waals surface area contributed by atoms with Gasteiger partial charge in [0.15, 0.2) is 5.78 Å². The molecule has 0 radical (unpaired) electrons. The molecule has 1 heterocycles. The summed E-state index contributed by atoms with van der Waals surface area (Å²) in [5.74, 6) is 0.217. The summed E-state index contributed by atoms with van der Waals surface area (Å²) < 4.78 is 30.0. The second-order valence-electron chi connectivity index (χ2n) is 5.98. The second kappa shape index (κ2) is 8.05. The van der Waals surface area contributed by atoms with Gasteiger partial charge in [-0.1, -0.05) is 24.3 Å². The van der Waals surface area contributed by atoms with Gasteiger partial charge in [-0.25, -0.2) is 0 Å². The summed E-state index contributed by atoms with van der Waals surface area (Å²) in [7, 11) is -3.31. The van der Waals surface area contributed by atoms with E-state index in [2.05, 4.69) is 5.32 Å². The van der Waals surface area contributed by atoms with E-state index >= 15 is 0 Å². The number of anilines is 1. The quantitative estimate of drug-likeness (QED) is 0.723. The standard InChI is InChI=1S/C19H24NO4P/c1-3-22-18-10-8-16(9-11-18)19(25(21)23-12-5-13-24-25)20-17-7-4-6-15(2)14-17/h4,6-11,14,19-20H,3,5,12-13H2,1-2H3. The molecule has 25 heavy (non-hydrogen) atoms. The number of ether oxygens (including phenoxy) is 1. The maximum atomic E-state index is 13.3. The van der Waals surface area contributed by atoms with Crippen molar-refractivity contribution in [2.45, 2.75) is 26.1 Å². The lowest BCUT2D eigenvalue weighted by Gasteiger charge is -2.31. The monoisotopic (exact) mass is 361 g/mol. The molecule has 2 aromatic rings. The summed E-state index contributed by atoms with van der Waals surface area (Å²) in [5.41, 5.74) is 2.85. The molecule has 1 aliphatic rings. The van der Waals surface area contributed by atoms with Crippen LogP contribution in [0.15, 0.2) is 48.5 Å². The van der Waals surface area contributed by atoms with Crippen molar-refractivity contribution in [3.63, 3.8) is 0 Å². The zero-order chi connectivity index (χ0) is 17.7. The van der Waals surface area contributed by atoms with E-state index in [0.29, 0.717) is 19.8 Å². The highest BCUT2D eigenvalue weighted by atomic mass is 31.2. The molecule has 1 fully saturated rings. The highest BCUT2D eigenvalue weighted by molar-refractivity contribution is 7.54. The molecule has 3 rings (SSSR count). The first-order valence-electron chi connectivity index (χ1n) is 8.55. The van der Waals surface area contributed by atoms with E-state index in [9.17, 15) is 4.57 Å². The third kappa shape index (κ3) is 4.43. The smallest absolute Gasteiger partial charge is 0.357 e. The van der Waals surface area contributed by atoms with Gasteiger partial charge in [-0.3, -0.25) is 4.57 Å². The van der Waals surface area contributed by atoms with Gasteiger partial charge in [-0.05, 0) is 55.7 Å². The van der Waals surface area contributed by atoms with Crippen LogP contribution < -0.4 is 10.1 Å². The first kappa shape index (κ1) is 18.0. The van der Waals surface area contributed by atoms with Crippen molar-refractivity contribution in [2.75, 3.05) is 25.1 Å². The number of benzene rings is 2. The molecule has 1 saturated heterocycles. The van der Waals surface area contributed by atoms with Crippen LogP contribution >= 0.6 is 7.60 Å². The van der Waals surface area contributed by atoms with Gasteiger partial charge in [0.05, 0.1) is 19.8 Å². The zero-order valence-electron chi connectivity index (χ0n) is 14.6. The van der Waals surface area contributed by atoms with Crippen LogP contribution in [0, 0.1) is 6.92 Å². The van der Waals surface area contributed by atoms with Gasteiger partial charge in [0, 0.05) is 5.69 Å². The van der Waals surface area contributed by atoms with Gasteiger partial charge in [-0.15, -0.1) is 0 Å². The number of aryl methyl sites for hydroxylation is 1. The molecule has 5 nitrogen and oxygen atoms in total. The Bertz CT molecular complexity index is 737. The van der Waals surface area contributed by atoms with E-state index in [4.69, 9.17) is 13.8 Å². The third-order valence-electron chi connectivity index (χ3n) is 3.98. The van der Waals surface area contributed by atoms with Gasteiger partial charge in [0.2, 0.25) is 0 Å². The van der Waals surface area contributed by atoms with E-state index in [1.54, 1.807) is 0 Å². The summed E-state index contributed by atoms with van der Waals surface area (Å²) >= 11 is 0. The summed E-state index contributed by atoms with van der Waals surface area (Å²) in [6.07, 6.45) is 0.754. The summed E-state index contributed by atoms with van der Waals surface area (Å²) in [5, 5.41) is 3.34. The lowest BCUT2D eigenvalue weighted by Crippen LogP contribution is -2.19. The van der Waals surface area contributed by atoms with Gasteiger partial charge in [0.25, 0.3) is 0 Å². The zero-order valence-corrected chi connectivity index (χ0v) is 15.5. The van der Waals surface area contributed by atoms with Crippen molar-refractivity contribution in [1.82, 2.24) is 0 Å². The van der Waals surface area contributed by atoms with Gasteiger partial charge >= 0.3 is 7.60 Å². The van der Waals surface area contributed by atoms with Crippen LogP contribution in [0.5, 0.6) is 5.75 Å². The molecule has 0 amide bonds. The van der Waals surface area contributed by atoms with Crippen molar-refractivity contribution >= 4 is 13.3 Å². The van der Waals surface area contributed by atoms with Crippen molar-refractivity contribution in [3.8, 4) is 5.75 Å². The van der Waals surface area contributed by atoms with Gasteiger partial charge in [-0.2, -0.15) is 0 Å². The average Bonchev–Trinajstić information content (AvgIpc) is 2.61. The van der Waals surface area contributed by atoms with Crippen molar-refractivity contribution in [2.24, 2.45) is 0 Å². The summed E-state index contributed by atoms with van der Waals surface area (Å²) in [4.78, 5) is 0. The first-order valence-corrected chi connectivity index (χ1v) is 10.2. The Morgan fingerprint density at radius 2 is 1.88 bits per heavy atom. The second-order valence-corrected chi connectivity index (χ2v) is 8.09. The number of hydrogen-bond acceptors (Lipinski definition) is 5. The highest BCUT2D eigenvalue weighted by Gasteiger charge is 2.39. The van der Waals surface area contributed by atoms with Crippen molar-refractivity contribution in [1.29, 1.82) is 0 Å². The minimum absolute atomic E-state index is 0.445. The first-order chi connectivity index (χ1) is 12.1. The third-order valence-corrected chi connectivity index (χ3v) is 6.12. The Morgan fingerprint density at radius 3 is 2.52 bits per heavy atom. The lowest BCUT2D eigenvalue weighted by atomic mass is 10.2. The Kier molecular flexibility index (Phi) is 5.79. The molecular formula is C19H24NO4P. The van der Waals surface area contributed by atoms with Crippen LogP contribution in [0.25, 0.3) is 0 Å². The fraction of sp³-hybridized carbons (Fsp3) is 0.368. The number of nitrogens with one attached hydrogen (secondary N) is 1. The fourth-order valence-corrected chi connectivity index (χ4v) is 4.76. The Balaban J connectivity index is 1.92. The van der Waals surface area contributed by atoms with E-state index in [1.807, 2.05) is 62.4 Å². The maximum Gasteiger partial charge on any atom is 0.357 e. The topological polar surface area (TPSA) is 56.8 Å². The maximum absolute atomic E-state index is 13.3. The van der Waals surface area contributed by atoms with Crippen molar-refractivity contribution < 1.29 is 18.3 Å². The Hall–Kier alpha value is -1.81. The summed E-state index contributed by atoms with van der Waals surface area (Å²) in [6.45, 7) is 5.46. The largest absolute Gasteiger partial charge is 0.494 e. The summed E-state index contributed by atoms with van der Waals surface area (Å²) in [6, 6.07) is 15.5. The molecule has 134 valence electrons. The van der Waals surface area contributed by atoms with Crippen LogP contribution in [-0.4, -0.2) is 19.8 Å². The molecule has 0 bridgehead atoms. The lowest BCUT2D eigenvalue weighted by molar-refractivity contribution is 0.141. The van der Waals surface area contributed by atoms with Crippen LogP contribution in [0.1, 0.15) is 30.3 Å². The number of rotatable bonds is 6. The van der Waals surface area contributed by atoms with E-state index < -0.39 is 13.4 Å². The SMILES string of the molecule is CCOc1ccc(C(Nc2cccc(C)c2)P2(=O)OCCCO2)cc1. The molecule has 1 N–H and O–H groups in total. The van der Waals surface area contributed by atoms with Gasteiger partial charge in [0.1, 0.15) is 5.75 Å². The van der Waals surface area contributed by atoms with Crippen LogP contribution in [0.3, 0.4) is 0 Å². The predicted molar refractivity (Wildman–Crippen MR) is 99.3 cm³/mol. The normalized spacial score (nSPS) is 17.7. The van der Waals surface area contributed by atoms with Gasteiger partial charge < -0.3 is 19.1 Å². The molecule has 1 aliphatic heterocycles. The molecule has 2 aromatic carbocycles. The molecule has 0 saturated carbocycles. The molecule has 1 atom stereocenters.